The molecule has 0 spiro atoms. The Hall–Kier alpha value is -3.58. The smallest absolute Gasteiger partial charge is 0.344 e. The number of carbonyl (C=O) groups is 1. The van der Waals surface area contributed by atoms with E-state index in [1.807, 2.05) is 18.2 Å². The molecule has 6 nitrogen and oxygen atoms in total. The zero-order valence-electron chi connectivity index (χ0n) is 16.8. The molecule has 3 aromatic carbocycles. The normalized spacial score (nSPS) is 10.7. The van der Waals surface area contributed by atoms with Gasteiger partial charge in [-0.3, -0.25) is 4.79 Å². The van der Waals surface area contributed by atoms with Gasteiger partial charge in [0.2, 0.25) is 0 Å². The van der Waals surface area contributed by atoms with Crippen molar-refractivity contribution in [1.82, 2.24) is 0 Å². The quantitative estimate of drug-likeness (QED) is 0.382. The van der Waals surface area contributed by atoms with Gasteiger partial charge in [-0.2, -0.15) is 0 Å². The summed E-state index contributed by atoms with van der Waals surface area (Å²) in [7, 11) is 3.07. The molecule has 31 heavy (non-hydrogen) atoms. The highest BCUT2D eigenvalue weighted by atomic mass is 79.9. The Balaban J connectivity index is 1.71. The summed E-state index contributed by atoms with van der Waals surface area (Å²) >= 11 is 3.38. The number of para-hydroxylation sites is 1. The Morgan fingerprint density at radius 3 is 2.42 bits per heavy atom. The van der Waals surface area contributed by atoms with Crippen molar-refractivity contribution in [3.05, 3.63) is 87.2 Å². The molecule has 1 heterocycles. The Morgan fingerprint density at radius 2 is 1.68 bits per heavy atom. The molecule has 0 bridgehead atoms. The number of methoxy groups -OCH3 is 2. The van der Waals surface area contributed by atoms with Crippen molar-refractivity contribution in [3.63, 3.8) is 0 Å². The van der Waals surface area contributed by atoms with Crippen molar-refractivity contribution >= 4 is 38.5 Å². The largest absolute Gasteiger partial charge is 0.496 e. The molecule has 1 aromatic heterocycles. The number of amides is 1. The lowest BCUT2D eigenvalue weighted by Crippen LogP contribution is -2.13. The molecule has 0 fully saturated rings. The molecule has 0 aliphatic rings. The van der Waals surface area contributed by atoms with Crippen LogP contribution in [0.4, 0.5) is 5.69 Å². The SMILES string of the molecule is COc1ccc(C(=O)Nc2cc(-c3cc4ccccc4oc3=O)ccc2OC)cc1Br. The third-order valence-corrected chi connectivity index (χ3v) is 5.43. The summed E-state index contributed by atoms with van der Waals surface area (Å²) in [6.45, 7) is 0. The number of fused-ring (bicyclic) bond motifs is 1. The summed E-state index contributed by atoms with van der Waals surface area (Å²) in [5.74, 6) is 0.762. The molecule has 0 radical (unpaired) electrons. The van der Waals surface area contributed by atoms with Gasteiger partial charge in [0.05, 0.1) is 29.9 Å². The molecule has 0 atom stereocenters. The number of halogens is 1. The van der Waals surface area contributed by atoms with Gasteiger partial charge < -0.3 is 19.2 Å². The minimum atomic E-state index is -0.458. The van der Waals surface area contributed by atoms with Gasteiger partial charge in [-0.15, -0.1) is 0 Å². The number of rotatable bonds is 5. The van der Waals surface area contributed by atoms with Crippen molar-refractivity contribution in [1.29, 1.82) is 0 Å². The second kappa shape index (κ2) is 8.65. The van der Waals surface area contributed by atoms with Gasteiger partial charge in [0, 0.05) is 10.9 Å². The number of anilines is 1. The van der Waals surface area contributed by atoms with E-state index in [1.54, 1.807) is 55.6 Å². The highest BCUT2D eigenvalue weighted by Gasteiger charge is 2.15. The molecule has 0 saturated heterocycles. The van der Waals surface area contributed by atoms with Crippen LogP contribution in [0.15, 0.2) is 80.4 Å². The van der Waals surface area contributed by atoms with Gasteiger partial charge in [-0.1, -0.05) is 24.3 Å². The maximum atomic E-state index is 12.8. The number of carbonyl (C=O) groups excluding carboxylic acids is 1. The Morgan fingerprint density at radius 1 is 0.935 bits per heavy atom. The molecular weight excluding hydrogens is 462 g/mol. The lowest BCUT2D eigenvalue weighted by atomic mass is 10.0. The van der Waals surface area contributed by atoms with Gasteiger partial charge in [-0.25, -0.2) is 4.79 Å². The Labute approximate surface area is 186 Å². The standard InChI is InChI=1S/C24H18BrNO5/c1-29-21-9-8-16(12-18(21)25)23(27)26-19-13-14(7-10-22(19)30-2)17-11-15-5-3-4-6-20(15)31-24(17)28/h3-13H,1-2H3,(H,26,27). The van der Waals surface area contributed by atoms with Crippen LogP contribution in [0.5, 0.6) is 11.5 Å². The van der Waals surface area contributed by atoms with Crippen LogP contribution >= 0.6 is 15.9 Å². The van der Waals surface area contributed by atoms with Crippen LogP contribution in [0.1, 0.15) is 10.4 Å². The lowest BCUT2D eigenvalue weighted by Gasteiger charge is -2.13. The molecule has 0 unspecified atom stereocenters. The topological polar surface area (TPSA) is 77.8 Å². The van der Waals surface area contributed by atoms with Crippen molar-refractivity contribution in [3.8, 4) is 22.6 Å². The average Bonchev–Trinajstić information content (AvgIpc) is 2.78. The predicted octanol–water partition coefficient (Wildman–Crippen LogP) is 5.49. The lowest BCUT2D eigenvalue weighted by molar-refractivity contribution is 0.102. The fourth-order valence-electron chi connectivity index (χ4n) is 3.24. The highest BCUT2D eigenvalue weighted by Crippen LogP contribution is 2.32. The summed E-state index contributed by atoms with van der Waals surface area (Å²) in [4.78, 5) is 25.4. The third kappa shape index (κ3) is 4.18. The minimum absolute atomic E-state index is 0.329. The summed E-state index contributed by atoms with van der Waals surface area (Å²) in [6.07, 6.45) is 0. The first kappa shape index (κ1) is 20.7. The molecule has 4 aromatic rings. The van der Waals surface area contributed by atoms with E-state index >= 15 is 0 Å². The van der Waals surface area contributed by atoms with Crippen LogP contribution in [-0.2, 0) is 0 Å². The first-order valence-electron chi connectivity index (χ1n) is 9.36. The monoisotopic (exact) mass is 479 g/mol. The fourth-order valence-corrected chi connectivity index (χ4v) is 3.78. The van der Waals surface area contributed by atoms with Crippen LogP contribution in [0.2, 0.25) is 0 Å². The van der Waals surface area contributed by atoms with Crippen molar-refractivity contribution in [2.24, 2.45) is 0 Å². The number of hydrogen-bond acceptors (Lipinski definition) is 5. The zero-order chi connectivity index (χ0) is 22.0. The molecule has 0 aliphatic heterocycles. The van der Waals surface area contributed by atoms with Crippen LogP contribution in [0, 0.1) is 0 Å². The van der Waals surface area contributed by atoms with Crippen molar-refractivity contribution in [2.75, 3.05) is 19.5 Å². The molecule has 7 heteroatoms. The number of ether oxygens (including phenoxy) is 2. The molecule has 0 aliphatic carbocycles. The predicted molar refractivity (Wildman–Crippen MR) is 123 cm³/mol. The number of nitrogens with one attached hydrogen (secondary N) is 1. The maximum Gasteiger partial charge on any atom is 0.344 e. The van der Waals surface area contributed by atoms with E-state index in [4.69, 9.17) is 13.9 Å². The van der Waals surface area contributed by atoms with E-state index in [2.05, 4.69) is 21.2 Å². The van der Waals surface area contributed by atoms with Crippen LogP contribution in [0.3, 0.4) is 0 Å². The third-order valence-electron chi connectivity index (χ3n) is 4.81. The average molecular weight is 480 g/mol. The van der Waals surface area contributed by atoms with E-state index in [0.717, 1.165) is 5.39 Å². The van der Waals surface area contributed by atoms with Gasteiger partial charge in [0.25, 0.3) is 5.91 Å². The number of hydrogen-bond donors (Lipinski definition) is 1. The van der Waals surface area contributed by atoms with Gasteiger partial charge in [0.15, 0.2) is 0 Å². The van der Waals surface area contributed by atoms with Crippen LogP contribution < -0.4 is 20.4 Å². The second-order valence-electron chi connectivity index (χ2n) is 6.70. The van der Waals surface area contributed by atoms with Gasteiger partial charge in [0.1, 0.15) is 17.1 Å². The molecule has 4 rings (SSSR count). The summed E-state index contributed by atoms with van der Waals surface area (Å²) < 4.78 is 16.7. The van der Waals surface area contributed by atoms with Crippen LogP contribution in [-0.4, -0.2) is 20.1 Å². The van der Waals surface area contributed by atoms with E-state index < -0.39 is 5.63 Å². The first-order valence-corrected chi connectivity index (χ1v) is 10.2. The molecule has 1 N–H and O–H groups in total. The fraction of sp³-hybridized carbons (Fsp3) is 0.0833. The van der Waals surface area contributed by atoms with E-state index in [-0.39, 0.29) is 5.91 Å². The summed E-state index contributed by atoms with van der Waals surface area (Å²) in [5.41, 5.74) is 1.93. The van der Waals surface area contributed by atoms with Crippen molar-refractivity contribution < 1.29 is 18.7 Å². The van der Waals surface area contributed by atoms with Gasteiger partial charge >= 0.3 is 5.63 Å². The first-order chi connectivity index (χ1) is 15.0. The Kier molecular flexibility index (Phi) is 5.77. The van der Waals surface area contributed by atoms with E-state index in [1.165, 1.54) is 7.11 Å². The maximum absolute atomic E-state index is 12.8. The summed E-state index contributed by atoms with van der Waals surface area (Å²) in [5, 5.41) is 3.66. The van der Waals surface area contributed by atoms with Crippen molar-refractivity contribution in [2.45, 2.75) is 0 Å². The van der Waals surface area contributed by atoms with Gasteiger partial charge in [-0.05, 0) is 64.0 Å². The molecule has 0 saturated carbocycles. The van der Waals surface area contributed by atoms with E-state index in [0.29, 0.717) is 43.9 Å². The van der Waals surface area contributed by atoms with E-state index in [9.17, 15) is 9.59 Å². The molecular formula is C24H18BrNO5. The van der Waals surface area contributed by atoms with Crippen LogP contribution in [0.25, 0.3) is 22.1 Å². The molecule has 156 valence electrons. The number of benzene rings is 3. The minimum Gasteiger partial charge on any atom is -0.496 e. The summed E-state index contributed by atoms with van der Waals surface area (Å²) in [6, 6.07) is 19.2. The Bertz CT molecular complexity index is 1350. The molecule has 1 amide bonds. The highest BCUT2D eigenvalue weighted by molar-refractivity contribution is 9.10. The zero-order valence-corrected chi connectivity index (χ0v) is 18.4. The second-order valence-corrected chi connectivity index (χ2v) is 7.56.